The molecule has 208 valence electrons. The van der Waals surface area contributed by atoms with Crippen LogP contribution in [0.15, 0.2) is 30.3 Å². The van der Waals surface area contributed by atoms with Gasteiger partial charge in [0.1, 0.15) is 5.60 Å². The maximum absolute atomic E-state index is 14.3. The monoisotopic (exact) mass is 525 g/mol. The zero-order valence-corrected chi connectivity index (χ0v) is 23.1. The predicted octanol–water partition coefficient (Wildman–Crippen LogP) is 2.78. The fourth-order valence-corrected chi connectivity index (χ4v) is 11.9. The Morgan fingerprint density at radius 1 is 1.05 bits per heavy atom. The van der Waals surface area contributed by atoms with E-state index in [-0.39, 0.29) is 52.6 Å². The van der Waals surface area contributed by atoms with Gasteiger partial charge in [-0.25, -0.2) is 0 Å². The van der Waals surface area contributed by atoms with Crippen LogP contribution in [0.2, 0.25) is 0 Å². The highest BCUT2D eigenvalue weighted by Gasteiger charge is 2.86. The van der Waals surface area contributed by atoms with Crippen LogP contribution in [0, 0.1) is 40.4 Å². The molecule has 5 saturated carbocycles. The highest BCUT2D eigenvalue weighted by Crippen LogP contribution is 2.80. The van der Waals surface area contributed by atoms with Gasteiger partial charge in [0, 0.05) is 74.5 Å². The number of nitrogens with zero attached hydrogens (tertiary/aromatic N) is 1. The first kappa shape index (κ1) is 25.6. The molecule has 0 radical (unpaired) electrons. The Bertz CT molecular complexity index is 1110. The third-order valence-corrected chi connectivity index (χ3v) is 12.7. The van der Waals surface area contributed by atoms with Gasteiger partial charge in [-0.15, -0.1) is 0 Å². The smallest absolute Gasteiger partial charge is 0.195 e. The molecular weight excluding hydrogens is 482 g/mol. The summed E-state index contributed by atoms with van der Waals surface area (Å²) in [6.07, 6.45) is 3.64. The van der Waals surface area contributed by atoms with E-state index < -0.39 is 17.1 Å². The number of likely N-dealkylation sites (tertiary alicyclic amines) is 1. The van der Waals surface area contributed by atoms with Gasteiger partial charge in [0.15, 0.2) is 5.78 Å². The lowest BCUT2D eigenvalue weighted by atomic mass is 9.42. The van der Waals surface area contributed by atoms with Gasteiger partial charge in [-0.3, -0.25) is 9.69 Å². The molecule has 7 rings (SSSR count). The number of Topliss-reactive ketones (excluding diaryl/α,β-unsaturated/α-hetero) is 1. The lowest BCUT2D eigenvalue weighted by molar-refractivity contribution is -0.284. The van der Waals surface area contributed by atoms with Crippen LogP contribution in [0.1, 0.15) is 49.4 Å². The minimum Gasteiger partial charge on any atom is -0.389 e. The quantitative estimate of drug-likeness (QED) is 0.530. The van der Waals surface area contributed by atoms with Crippen LogP contribution < -0.4 is 0 Å². The summed E-state index contributed by atoms with van der Waals surface area (Å²) in [5.74, 6) is -0.954. The maximum Gasteiger partial charge on any atom is 0.195 e. The van der Waals surface area contributed by atoms with Crippen molar-refractivity contribution in [3.05, 3.63) is 35.9 Å². The summed E-state index contributed by atoms with van der Waals surface area (Å²) in [7, 11) is 5.31. The van der Waals surface area contributed by atoms with Crippen molar-refractivity contribution in [2.75, 3.05) is 41.0 Å². The van der Waals surface area contributed by atoms with Gasteiger partial charge in [0.05, 0.1) is 24.4 Å². The van der Waals surface area contributed by atoms with E-state index in [4.69, 9.17) is 14.2 Å². The summed E-state index contributed by atoms with van der Waals surface area (Å²) in [4.78, 5) is 16.9. The minimum absolute atomic E-state index is 0.0136. The van der Waals surface area contributed by atoms with Crippen molar-refractivity contribution in [3.8, 4) is 0 Å². The molecule has 1 aromatic rings. The number of hydrogen-bond donors (Lipinski definition) is 2. The number of carbonyl (C=O) groups excluding carboxylic acids is 1. The summed E-state index contributed by atoms with van der Waals surface area (Å²) in [5.41, 5.74) is -2.63. The van der Waals surface area contributed by atoms with E-state index in [0.717, 1.165) is 32.4 Å². The second-order valence-corrected chi connectivity index (χ2v) is 13.4. The fraction of sp³-hybridized carbons (Fsp3) is 0.774. The van der Waals surface area contributed by atoms with E-state index in [2.05, 4.69) is 11.8 Å². The molecule has 0 amide bonds. The van der Waals surface area contributed by atoms with Gasteiger partial charge in [-0.2, -0.15) is 0 Å². The van der Waals surface area contributed by atoms with Crippen LogP contribution in [-0.2, 0) is 14.2 Å². The van der Waals surface area contributed by atoms with Gasteiger partial charge in [-0.1, -0.05) is 37.3 Å². The van der Waals surface area contributed by atoms with Gasteiger partial charge < -0.3 is 24.4 Å². The maximum atomic E-state index is 14.3. The van der Waals surface area contributed by atoms with Gasteiger partial charge in [-0.05, 0) is 44.1 Å². The number of piperidine rings is 1. The van der Waals surface area contributed by atoms with Crippen LogP contribution in [0.5, 0.6) is 0 Å². The zero-order valence-electron chi connectivity index (χ0n) is 23.1. The van der Waals surface area contributed by atoms with E-state index in [1.165, 1.54) is 0 Å². The average Bonchev–Trinajstić information content (AvgIpc) is 3.33. The molecule has 2 N–H and O–H groups in total. The van der Waals surface area contributed by atoms with Gasteiger partial charge in [0.2, 0.25) is 0 Å². The number of rotatable bonds is 7. The standard InChI is InChI=1S/C31H43NO6/c1-5-32-16-28(17-36-2)12-11-24(38-4)30-20-13-19-22(37-3)15-29(34,21(26(30)32)14-23(28)30)25(20)31(19,35)27(33)18-9-7-6-8-10-18/h6-10,19-26,34-35H,5,11-17H2,1-4H3/t19-,20-,21+,22+,23-,24+,25+,26-,28+,29+,30-,31+/m1/s1. The molecule has 12 atom stereocenters. The number of ketones is 1. The van der Waals surface area contributed by atoms with Crippen LogP contribution in [0.4, 0.5) is 0 Å². The lowest BCUT2D eigenvalue weighted by Gasteiger charge is -2.70. The Morgan fingerprint density at radius 3 is 2.47 bits per heavy atom. The summed E-state index contributed by atoms with van der Waals surface area (Å²) >= 11 is 0. The Balaban J connectivity index is 1.47. The second kappa shape index (κ2) is 8.34. The number of benzene rings is 1. The molecule has 5 aliphatic carbocycles. The normalized spacial score (nSPS) is 52.3. The molecule has 0 aromatic heterocycles. The first-order valence-corrected chi connectivity index (χ1v) is 14.6. The number of ether oxygens (including phenoxy) is 3. The van der Waals surface area contributed by atoms with Gasteiger partial charge in [0.25, 0.3) is 0 Å². The van der Waals surface area contributed by atoms with Gasteiger partial charge >= 0.3 is 0 Å². The lowest BCUT2D eigenvalue weighted by Crippen LogP contribution is -2.78. The van der Waals surface area contributed by atoms with Crippen LogP contribution in [0.3, 0.4) is 0 Å². The SMILES string of the molecule is CCN1C[C@]2(COC)CC[C@H](OC)[C@@]34[C@@H]5C[C@@H]6[C@@H](OC)C[C@](O)([C@@H](C[C@H]23)[C@@H]14)[C@H]5[C@]6(O)C(=O)c1ccccc1. The molecule has 6 aliphatic rings. The van der Waals surface area contributed by atoms with E-state index in [1.54, 1.807) is 19.2 Å². The Hall–Kier alpha value is -1.35. The molecule has 1 aromatic carbocycles. The van der Waals surface area contributed by atoms with Crippen molar-refractivity contribution < 1.29 is 29.2 Å². The third-order valence-electron chi connectivity index (χ3n) is 12.7. The van der Waals surface area contributed by atoms with E-state index >= 15 is 0 Å². The van der Waals surface area contributed by atoms with Crippen LogP contribution in [-0.4, -0.2) is 91.4 Å². The van der Waals surface area contributed by atoms with E-state index in [9.17, 15) is 15.0 Å². The summed E-state index contributed by atoms with van der Waals surface area (Å²) in [5, 5.41) is 25.7. The number of aliphatic hydroxyl groups is 2. The molecule has 0 unspecified atom stereocenters. The largest absolute Gasteiger partial charge is 0.389 e. The van der Waals surface area contributed by atoms with E-state index in [0.29, 0.717) is 30.9 Å². The molecule has 1 spiro atoms. The molecule has 38 heavy (non-hydrogen) atoms. The van der Waals surface area contributed by atoms with Crippen LogP contribution >= 0.6 is 0 Å². The molecule has 7 heteroatoms. The summed E-state index contributed by atoms with van der Waals surface area (Å²) in [6.45, 7) is 4.79. The first-order valence-electron chi connectivity index (χ1n) is 14.6. The molecule has 1 aliphatic heterocycles. The second-order valence-electron chi connectivity index (χ2n) is 13.4. The van der Waals surface area contributed by atoms with Crippen molar-refractivity contribution in [2.24, 2.45) is 40.4 Å². The molecule has 7 nitrogen and oxygen atoms in total. The highest BCUT2D eigenvalue weighted by atomic mass is 16.5. The molecule has 1 saturated heterocycles. The highest BCUT2D eigenvalue weighted by molar-refractivity contribution is 6.03. The van der Waals surface area contributed by atoms with Crippen molar-refractivity contribution >= 4 is 5.78 Å². The Labute approximate surface area is 225 Å². The average molecular weight is 526 g/mol. The molecule has 1 heterocycles. The zero-order chi connectivity index (χ0) is 26.7. The summed E-state index contributed by atoms with van der Waals surface area (Å²) < 4.78 is 18.4. The topological polar surface area (TPSA) is 88.5 Å². The Morgan fingerprint density at radius 2 is 1.82 bits per heavy atom. The number of hydrogen-bond acceptors (Lipinski definition) is 7. The van der Waals surface area contributed by atoms with Crippen molar-refractivity contribution in [3.63, 3.8) is 0 Å². The number of methoxy groups -OCH3 is 3. The minimum atomic E-state index is -1.68. The van der Waals surface area contributed by atoms with Crippen LogP contribution in [0.25, 0.3) is 0 Å². The third kappa shape index (κ3) is 2.70. The Kier molecular flexibility index (Phi) is 5.62. The predicted molar refractivity (Wildman–Crippen MR) is 141 cm³/mol. The van der Waals surface area contributed by atoms with Crippen molar-refractivity contribution in [1.82, 2.24) is 4.90 Å². The van der Waals surface area contributed by atoms with Crippen molar-refractivity contribution in [2.45, 2.75) is 68.5 Å². The molecule has 7 bridgehead atoms. The van der Waals surface area contributed by atoms with E-state index in [1.807, 2.05) is 32.4 Å². The fourth-order valence-electron chi connectivity index (χ4n) is 11.9. The number of fused-ring (bicyclic) bond motifs is 2. The summed E-state index contributed by atoms with van der Waals surface area (Å²) in [6, 6.07) is 9.31. The van der Waals surface area contributed by atoms with Crippen molar-refractivity contribution in [1.29, 1.82) is 0 Å². The first-order chi connectivity index (χ1) is 18.3. The molecule has 6 fully saturated rings. The number of carbonyl (C=O) groups is 1. The molecular formula is C31H43NO6.